The van der Waals surface area contributed by atoms with Crippen molar-refractivity contribution in [2.75, 3.05) is 7.11 Å². The number of carbonyl (C=O) groups is 1. The van der Waals surface area contributed by atoms with Crippen LogP contribution in [0.25, 0.3) is 0 Å². The quantitative estimate of drug-likeness (QED) is 0.788. The number of methoxy groups -OCH3 is 1. The molecular weight excluding hydrogens is 252 g/mol. The van der Waals surface area contributed by atoms with Gasteiger partial charge in [-0.15, -0.1) is 0 Å². The maximum atomic E-state index is 11.4. The van der Waals surface area contributed by atoms with Crippen molar-refractivity contribution >= 4 is 17.6 Å². The van der Waals surface area contributed by atoms with Gasteiger partial charge >= 0.3 is 5.97 Å². The molecule has 1 fully saturated rings. The molecule has 4 heteroatoms. The van der Waals surface area contributed by atoms with Crippen LogP contribution in [0.15, 0.2) is 24.3 Å². The summed E-state index contributed by atoms with van der Waals surface area (Å²) in [7, 11) is 1.44. The molecule has 0 amide bonds. The van der Waals surface area contributed by atoms with Crippen LogP contribution in [0.1, 0.15) is 25.7 Å². The van der Waals surface area contributed by atoms with E-state index in [1.165, 1.54) is 7.11 Å². The molecule has 1 aromatic rings. The van der Waals surface area contributed by atoms with Crippen molar-refractivity contribution < 1.29 is 14.3 Å². The Kier molecular flexibility index (Phi) is 4.48. The minimum absolute atomic E-state index is 0.0363. The summed E-state index contributed by atoms with van der Waals surface area (Å²) in [4.78, 5) is 11.4. The molecule has 1 aromatic carbocycles. The molecule has 0 aliphatic heterocycles. The third-order valence-corrected chi connectivity index (χ3v) is 3.54. The summed E-state index contributed by atoms with van der Waals surface area (Å²) in [5.41, 5.74) is 0. The van der Waals surface area contributed by atoms with Gasteiger partial charge in [0.15, 0.2) is 0 Å². The summed E-state index contributed by atoms with van der Waals surface area (Å²) < 4.78 is 10.6. The van der Waals surface area contributed by atoms with E-state index in [0.29, 0.717) is 5.02 Å². The van der Waals surface area contributed by atoms with Crippen molar-refractivity contribution in [1.29, 1.82) is 0 Å². The lowest BCUT2D eigenvalue weighted by molar-refractivity contribution is -0.147. The summed E-state index contributed by atoms with van der Waals surface area (Å²) in [6, 6.07) is 7.41. The minimum Gasteiger partial charge on any atom is -0.490 e. The van der Waals surface area contributed by atoms with Crippen molar-refractivity contribution in [3.63, 3.8) is 0 Å². The number of hydrogen-bond donors (Lipinski definition) is 0. The molecule has 3 nitrogen and oxygen atoms in total. The van der Waals surface area contributed by atoms with Gasteiger partial charge in [0.05, 0.1) is 19.1 Å². The Balaban J connectivity index is 1.85. The summed E-state index contributed by atoms with van der Waals surface area (Å²) in [6.45, 7) is 0. The molecule has 0 spiro atoms. The van der Waals surface area contributed by atoms with E-state index in [1.807, 2.05) is 24.3 Å². The van der Waals surface area contributed by atoms with Crippen molar-refractivity contribution in [3.8, 4) is 5.75 Å². The van der Waals surface area contributed by atoms with E-state index in [-0.39, 0.29) is 18.0 Å². The molecule has 98 valence electrons. The van der Waals surface area contributed by atoms with E-state index in [0.717, 1.165) is 31.4 Å². The largest absolute Gasteiger partial charge is 0.490 e. The fourth-order valence-corrected chi connectivity index (χ4v) is 2.50. The van der Waals surface area contributed by atoms with Crippen LogP contribution < -0.4 is 4.74 Å². The van der Waals surface area contributed by atoms with Crippen molar-refractivity contribution in [2.24, 2.45) is 5.92 Å². The van der Waals surface area contributed by atoms with E-state index in [2.05, 4.69) is 0 Å². The van der Waals surface area contributed by atoms with E-state index >= 15 is 0 Å². The smallest absolute Gasteiger partial charge is 0.308 e. The van der Waals surface area contributed by atoms with E-state index in [1.54, 1.807) is 0 Å². The normalized spacial score (nSPS) is 23.4. The van der Waals surface area contributed by atoms with E-state index in [4.69, 9.17) is 21.1 Å². The van der Waals surface area contributed by atoms with Gasteiger partial charge in [0.1, 0.15) is 5.75 Å². The lowest BCUT2D eigenvalue weighted by Gasteiger charge is -2.27. The van der Waals surface area contributed by atoms with Crippen LogP contribution in [-0.2, 0) is 9.53 Å². The standard InChI is InChI=1S/C14H17ClO3/c1-17-14(16)10-5-7-12(8-6-10)18-13-4-2-3-11(15)9-13/h2-4,9-10,12H,5-8H2,1H3/t10-,12-. The number of esters is 1. The van der Waals surface area contributed by atoms with Gasteiger partial charge in [0.2, 0.25) is 0 Å². The molecule has 0 radical (unpaired) electrons. The Morgan fingerprint density at radius 2 is 2.00 bits per heavy atom. The van der Waals surface area contributed by atoms with Crippen LogP contribution in [0.5, 0.6) is 5.75 Å². The predicted molar refractivity (Wildman–Crippen MR) is 69.8 cm³/mol. The van der Waals surface area contributed by atoms with Gasteiger partial charge in [-0.25, -0.2) is 0 Å². The average molecular weight is 269 g/mol. The molecule has 0 atom stereocenters. The Labute approximate surface area is 112 Å². The number of rotatable bonds is 3. The number of halogens is 1. The Morgan fingerprint density at radius 1 is 1.28 bits per heavy atom. The summed E-state index contributed by atoms with van der Waals surface area (Å²) in [6.07, 6.45) is 3.60. The van der Waals surface area contributed by atoms with Gasteiger partial charge in [0.25, 0.3) is 0 Å². The molecule has 0 heterocycles. The van der Waals surface area contributed by atoms with Gasteiger partial charge in [-0.2, -0.15) is 0 Å². The molecule has 1 aliphatic rings. The molecule has 1 aliphatic carbocycles. The highest BCUT2D eigenvalue weighted by Gasteiger charge is 2.27. The van der Waals surface area contributed by atoms with Gasteiger partial charge < -0.3 is 9.47 Å². The Morgan fingerprint density at radius 3 is 2.61 bits per heavy atom. The zero-order chi connectivity index (χ0) is 13.0. The number of benzene rings is 1. The average Bonchev–Trinajstić information content (AvgIpc) is 2.39. The van der Waals surface area contributed by atoms with Gasteiger partial charge in [0, 0.05) is 5.02 Å². The zero-order valence-electron chi connectivity index (χ0n) is 10.4. The first-order valence-electron chi connectivity index (χ1n) is 6.19. The second-order valence-corrected chi connectivity index (χ2v) is 5.01. The summed E-state index contributed by atoms with van der Waals surface area (Å²) >= 11 is 5.90. The number of ether oxygens (including phenoxy) is 2. The second-order valence-electron chi connectivity index (χ2n) is 4.57. The molecule has 0 saturated heterocycles. The third kappa shape index (κ3) is 3.39. The molecule has 0 N–H and O–H groups in total. The molecular formula is C14H17ClO3. The van der Waals surface area contributed by atoms with Gasteiger partial charge in [-0.3, -0.25) is 4.79 Å². The predicted octanol–water partition coefficient (Wildman–Crippen LogP) is 3.45. The summed E-state index contributed by atoms with van der Waals surface area (Å²) in [5, 5.41) is 0.677. The van der Waals surface area contributed by atoms with E-state index in [9.17, 15) is 4.79 Å². The molecule has 0 bridgehead atoms. The van der Waals surface area contributed by atoms with E-state index < -0.39 is 0 Å². The Bertz CT molecular complexity index is 411. The highest BCUT2D eigenvalue weighted by atomic mass is 35.5. The van der Waals surface area contributed by atoms with Crippen LogP contribution in [0.2, 0.25) is 5.02 Å². The van der Waals surface area contributed by atoms with Crippen LogP contribution in [0.4, 0.5) is 0 Å². The first-order chi connectivity index (χ1) is 8.69. The fourth-order valence-electron chi connectivity index (χ4n) is 2.32. The lowest BCUT2D eigenvalue weighted by atomic mass is 9.87. The van der Waals surface area contributed by atoms with Crippen LogP contribution >= 0.6 is 11.6 Å². The minimum atomic E-state index is -0.101. The van der Waals surface area contributed by atoms with Crippen molar-refractivity contribution in [3.05, 3.63) is 29.3 Å². The maximum absolute atomic E-state index is 11.4. The third-order valence-electron chi connectivity index (χ3n) is 3.31. The van der Waals surface area contributed by atoms with Crippen LogP contribution in [-0.4, -0.2) is 19.2 Å². The summed E-state index contributed by atoms with van der Waals surface area (Å²) in [5.74, 6) is 0.731. The topological polar surface area (TPSA) is 35.5 Å². The molecule has 18 heavy (non-hydrogen) atoms. The van der Waals surface area contributed by atoms with Crippen LogP contribution in [0, 0.1) is 5.92 Å². The number of carbonyl (C=O) groups excluding carboxylic acids is 1. The van der Waals surface area contributed by atoms with Crippen LogP contribution in [0.3, 0.4) is 0 Å². The fraction of sp³-hybridized carbons (Fsp3) is 0.500. The van der Waals surface area contributed by atoms with Gasteiger partial charge in [-0.05, 0) is 43.9 Å². The molecule has 0 unspecified atom stereocenters. The molecule has 2 rings (SSSR count). The molecule has 1 saturated carbocycles. The lowest BCUT2D eigenvalue weighted by Crippen LogP contribution is -2.28. The highest BCUT2D eigenvalue weighted by Crippen LogP contribution is 2.29. The highest BCUT2D eigenvalue weighted by molar-refractivity contribution is 6.30. The number of hydrogen-bond acceptors (Lipinski definition) is 3. The van der Waals surface area contributed by atoms with Crippen molar-refractivity contribution in [2.45, 2.75) is 31.8 Å². The van der Waals surface area contributed by atoms with Gasteiger partial charge in [-0.1, -0.05) is 17.7 Å². The SMILES string of the molecule is COC(=O)[C@H]1CC[C@H](Oc2cccc(Cl)c2)CC1. The monoisotopic (exact) mass is 268 g/mol. The maximum Gasteiger partial charge on any atom is 0.308 e. The first kappa shape index (κ1) is 13.2. The van der Waals surface area contributed by atoms with Crippen molar-refractivity contribution in [1.82, 2.24) is 0 Å². The second kappa shape index (κ2) is 6.10. The first-order valence-corrected chi connectivity index (χ1v) is 6.57. The Hall–Kier alpha value is -1.22. The molecule has 0 aromatic heterocycles. The zero-order valence-corrected chi connectivity index (χ0v) is 11.2.